The van der Waals surface area contributed by atoms with E-state index >= 15 is 0 Å². The fraction of sp³-hybridized carbons (Fsp3) is 0.118. The van der Waals surface area contributed by atoms with Crippen molar-refractivity contribution in [2.24, 2.45) is 0 Å². The predicted molar refractivity (Wildman–Crippen MR) is 81.9 cm³/mol. The maximum atomic E-state index is 12.2. The summed E-state index contributed by atoms with van der Waals surface area (Å²) in [6.45, 7) is 0. The van der Waals surface area contributed by atoms with E-state index in [1.165, 1.54) is 5.57 Å². The van der Waals surface area contributed by atoms with E-state index in [9.17, 15) is 4.79 Å². The molecule has 0 spiro atoms. The number of aromatic amines is 1. The van der Waals surface area contributed by atoms with Gasteiger partial charge in [-0.15, -0.1) is 0 Å². The Labute approximate surface area is 115 Å². The Kier molecular flexibility index (Phi) is 2.39. The Morgan fingerprint density at radius 3 is 2.80 bits per heavy atom. The largest absolute Gasteiger partial charge is 0.330 e. The van der Waals surface area contributed by atoms with Crippen LogP contribution in [0.3, 0.4) is 0 Å². The Morgan fingerprint density at radius 2 is 1.95 bits per heavy atom. The monoisotopic (exact) mass is 262 g/mol. The van der Waals surface area contributed by atoms with Crippen molar-refractivity contribution < 1.29 is 0 Å². The molecule has 1 N–H and O–H groups in total. The van der Waals surface area contributed by atoms with Gasteiger partial charge in [0, 0.05) is 17.1 Å². The standard InChI is InChI=1S/C17H14N2O/c20-17-18-11-10-15-16(12-6-2-1-3-7-12)13-8-4-5-9-14(13)19(15)17/h2,4-11H,1,3H2,(H,18,20). The quantitative estimate of drug-likeness (QED) is 0.716. The van der Waals surface area contributed by atoms with Gasteiger partial charge in [-0.05, 0) is 30.5 Å². The highest BCUT2D eigenvalue weighted by atomic mass is 16.1. The van der Waals surface area contributed by atoms with Crippen LogP contribution < -0.4 is 5.69 Å². The molecule has 20 heavy (non-hydrogen) atoms. The number of nitrogens with zero attached hydrogens (tertiary/aromatic N) is 1. The first-order chi connectivity index (χ1) is 9.86. The van der Waals surface area contributed by atoms with Gasteiger partial charge in [-0.1, -0.05) is 36.4 Å². The second-order valence-corrected chi connectivity index (χ2v) is 5.03. The molecule has 2 heterocycles. The lowest BCUT2D eigenvalue weighted by Crippen LogP contribution is -2.14. The van der Waals surface area contributed by atoms with Gasteiger partial charge in [0.15, 0.2) is 0 Å². The SMILES string of the molecule is O=c1[nH]ccc2c(C3=CCCC=C3)c3ccccc3n12. The number of aromatic nitrogens is 2. The average Bonchev–Trinajstić information content (AvgIpc) is 2.84. The van der Waals surface area contributed by atoms with E-state index in [-0.39, 0.29) is 5.69 Å². The van der Waals surface area contributed by atoms with Crippen LogP contribution in [0.2, 0.25) is 0 Å². The van der Waals surface area contributed by atoms with Crippen molar-refractivity contribution in [2.75, 3.05) is 0 Å². The summed E-state index contributed by atoms with van der Waals surface area (Å²) < 4.78 is 1.76. The molecule has 0 aliphatic heterocycles. The minimum Gasteiger partial charge on any atom is -0.314 e. The lowest BCUT2D eigenvalue weighted by molar-refractivity contribution is 1.03. The first kappa shape index (κ1) is 11.3. The summed E-state index contributed by atoms with van der Waals surface area (Å²) in [7, 11) is 0. The van der Waals surface area contributed by atoms with Gasteiger partial charge < -0.3 is 4.98 Å². The molecule has 0 amide bonds. The van der Waals surface area contributed by atoms with Gasteiger partial charge in [-0.2, -0.15) is 0 Å². The second-order valence-electron chi connectivity index (χ2n) is 5.03. The highest BCUT2D eigenvalue weighted by molar-refractivity contribution is 6.03. The molecule has 0 unspecified atom stereocenters. The third kappa shape index (κ3) is 1.50. The number of hydrogen-bond acceptors (Lipinski definition) is 1. The van der Waals surface area contributed by atoms with E-state index < -0.39 is 0 Å². The van der Waals surface area contributed by atoms with Gasteiger partial charge in [0.25, 0.3) is 0 Å². The summed E-state index contributed by atoms with van der Waals surface area (Å²) >= 11 is 0. The van der Waals surface area contributed by atoms with Crippen LogP contribution in [0.25, 0.3) is 22.0 Å². The maximum Gasteiger partial charge on any atom is 0.330 e. The fourth-order valence-electron chi connectivity index (χ4n) is 2.99. The van der Waals surface area contributed by atoms with Gasteiger partial charge >= 0.3 is 5.69 Å². The molecular weight excluding hydrogens is 248 g/mol. The summed E-state index contributed by atoms with van der Waals surface area (Å²) in [5.41, 5.74) is 4.19. The van der Waals surface area contributed by atoms with Crippen LogP contribution in [-0.2, 0) is 0 Å². The zero-order valence-electron chi connectivity index (χ0n) is 11.0. The number of allylic oxidation sites excluding steroid dienone is 4. The fourth-order valence-corrected chi connectivity index (χ4v) is 2.99. The molecule has 4 rings (SSSR count). The van der Waals surface area contributed by atoms with Gasteiger partial charge in [0.05, 0.1) is 11.0 Å². The predicted octanol–water partition coefficient (Wildman–Crippen LogP) is 3.51. The zero-order chi connectivity index (χ0) is 13.5. The van der Waals surface area contributed by atoms with Crippen molar-refractivity contribution in [1.82, 2.24) is 9.38 Å². The minimum absolute atomic E-state index is 0.0923. The van der Waals surface area contributed by atoms with Crippen molar-refractivity contribution in [3.8, 4) is 0 Å². The van der Waals surface area contributed by atoms with E-state index in [1.54, 1.807) is 10.6 Å². The summed E-state index contributed by atoms with van der Waals surface area (Å²) in [6, 6.07) is 10.0. The molecule has 0 fully saturated rings. The van der Waals surface area contributed by atoms with Gasteiger partial charge in [-0.25, -0.2) is 4.79 Å². The number of H-pyrrole nitrogens is 1. The van der Waals surface area contributed by atoms with Gasteiger partial charge in [-0.3, -0.25) is 4.40 Å². The highest BCUT2D eigenvalue weighted by Crippen LogP contribution is 2.33. The van der Waals surface area contributed by atoms with Crippen LogP contribution in [0, 0.1) is 0 Å². The maximum absolute atomic E-state index is 12.2. The Morgan fingerprint density at radius 1 is 1.05 bits per heavy atom. The summed E-state index contributed by atoms with van der Waals surface area (Å²) in [5.74, 6) is 0. The Bertz CT molecular complexity index is 925. The van der Waals surface area contributed by atoms with Gasteiger partial charge in [0.1, 0.15) is 0 Å². The van der Waals surface area contributed by atoms with Crippen LogP contribution in [0.1, 0.15) is 18.4 Å². The summed E-state index contributed by atoms with van der Waals surface area (Å²) in [5, 5.41) is 1.13. The number of nitrogens with one attached hydrogen (secondary N) is 1. The third-order valence-corrected chi connectivity index (χ3v) is 3.85. The number of rotatable bonds is 1. The normalized spacial score (nSPS) is 14.9. The first-order valence-electron chi connectivity index (χ1n) is 6.84. The van der Waals surface area contributed by atoms with E-state index in [1.807, 2.05) is 24.3 Å². The van der Waals surface area contributed by atoms with E-state index in [0.717, 1.165) is 34.8 Å². The zero-order valence-corrected chi connectivity index (χ0v) is 11.0. The van der Waals surface area contributed by atoms with Crippen molar-refractivity contribution in [2.45, 2.75) is 12.8 Å². The molecule has 0 bridgehead atoms. The molecular formula is C17H14N2O. The summed E-state index contributed by atoms with van der Waals surface area (Å²) in [4.78, 5) is 14.9. The number of fused-ring (bicyclic) bond motifs is 3. The van der Waals surface area contributed by atoms with Crippen LogP contribution in [-0.4, -0.2) is 9.38 Å². The molecule has 2 aromatic heterocycles. The molecule has 98 valence electrons. The Balaban J connectivity index is 2.23. The van der Waals surface area contributed by atoms with E-state index in [4.69, 9.17) is 0 Å². The third-order valence-electron chi connectivity index (χ3n) is 3.85. The smallest absolute Gasteiger partial charge is 0.314 e. The molecule has 1 aliphatic carbocycles. The molecule has 3 nitrogen and oxygen atoms in total. The molecule has 0 saturated heterocycles. The van der Waals surface area contributed by atoms with Crippen molar-refractivity contribution in [3.63, 3.8) is 0 Å². The number of benzene rings is 1. The lowest BCUT2D eigenvalue weighted by Gasteiger charge is -2.06. The minimum atomic E-state index is -0.0923. The Hall–Kier alpha value is -2.55. The van der Waals surface area contributed by atoms with Crippen molar-refractivity contribution >= 4 is 22.0 Å². The molecule has 0 saturated carbocycles. The number of hydrogen-bond donors (Lipinski definition) is 1. The van der Waals surface area contributed by atoms with Crippen LogP contribution in [0.15, 0.2) is 59.6 Å². The van der Waals surface area contributed by atoms with Crippen LogP contribution >= 0.6 is 0 Å². The van der Waals surface area contributed by atoms with E-state index in [0.29, 0.717) is 0 Å². The van der Waals surface area contributed by atoms with Gasteiger partial charge in [0.2, 0.25) is 0 Å². The number of para-hydroxylation sites is 1. The highest BCUT2D eigenvalue weighted by Gasteiger charge is 2.15. The second kappa shape index (κ2) is 4.23. The molecule has 0 atom stereocenters. The molecule has 1 aliphatic rings. The first-order valence-corrected chi connectivity index (χ1v) is 6.84. The molecule has 3 heteroatoms. The molecule has 0 radical (unpaired) electrons. The van der Waals surface area contributed by atoms with Crippen molar-refractivity contribution in [3.05, 3.63) is 70.8 Å². The molecule has 3 aromatic rings. The summed E-state index contributed by atoms with van der Waals surface area (Å²) in [6.07, 6.45) is 10.5. The van der Waals surface area contributed by atoms with Crippen LogP contribution in [0.4, 0.5) is 0 Å². The average molecular weight is 262 g/mol. The lowest BCUT2D eigenvalue weighted by atomic mass is 9.98. The topological polar surface area (TPSA) is 37.3 Å². The van der Waals surface area contributed by atoms with E-state index in [2.05, 4.69) is 29.3 Å². The molecule has 1 aromatic carbocycles. The van der Waals surface area contributed by atoms with Crippen LogP contribution in [0.5, 0.6) is 0 Å². The van der Waals surface area contributed by atoms with Crippen molar-refractivity contribution in [1.29, 1.82) is 0 Å².